The van der Waals surface area contributed by atoms with E-state index in [4.69, 9.17) is 18.9 Å². The first-order valence-electron chi connectivity index (χ1n) is 9.54. The molecule has 3 rings (SSSR count). The van der Waals surface area contributed by atoms with Crippen LogP contribution in [0.5, 0.6) is 23.0 Å². The van der Waals surface area contributed by atoms with Gasteiger partial charge in [-0.3, -0.25) is 9.69 Å². The highest BCUT2D eigenvalue weighted by Crippen LogP contribution is 2.32. The molecule has 1 aliphatic rings. The van der Waals surface area contributed by atoms with Gasteiger partial charge in [0.1, 0.15) is 11.5 Å². The van der Waals surface area contributed by atoms with Gasteiger partial charge >= 0.3 is 0 Å². The second kappa shape index (κ2) is 9.52. The van der Waals surface area contributed by atoms with Crippen molar-refractivity contribution in [2.45, 2.75) is 6.54 Å². The number of para-hydroxylation sites is 1. The molecule has 2 aromatic carbocycles. The summed E-state index contributed by atoms with van der Waals surface area (Å²) in [5.41, 5.74) is 1.62. The van der Waals surface area contributed by atoms with Crippen LogP contribution < -0.4 is 18.9 Å². The van der Waals surface area contributed by atoms with Crippen LogP contribution in [0.3, 0.4) is 0 Å². The van der Waals surface area contributed by atoms with Crippen molar-refractivity contribution in [1.82, 2.24) is 9.80 Å². The van der Waals surface area contributed by atoms with Crippen molar-refractivity contribution < 1.29 is 23.7 Å². The number of nitrogens with zero attached hydrogens (tertiary/aromatic N) is 2. The Kier molecular flexibility index (Phi) is 6.82. The zero-order chi connectivity index (χ0) is 20.8. The van der Waals surface area contributed by atoms with Crippen molar-refractivity contribution in [3.8, 4) is 23.0 Å². The number of carbonyl (C=O) groups is 1. The van der Waals surface area contributed by atoms with Gasteiger partial charge < -0.3 is 23.8 Å². The fraction of sp³-hybridized carbons (Fsp3) is 0.409. The van der Waals surface area contributed by atoms with Crippen LogP contribution in [0.25, 0.3) is 0 Å². The average Bonchev–Trinajstić information content (AvgIpc) is 2.78. The van der Waals surface area contributed by atoms with Crippen LogP contribution in [-0.4, -0.2) is 70.3 Å². The molecule has 1 heterocycles. The Hall–Kier alpha value is -2.93. The molecule has 2 aromatic rings. The second-order valence-electron chi connectivity index (χ2n) is 6.79. The Labute approximate surface area is 171 Å². The van der Waals surface area contributed by atoms with Crippen LogP contribution >= 0.6 is 0 Å². The first kappa shape index (κ1) is 20.8. The van der Waals surface area contributed by atoms with Crippen LogP contribution in [0.2, 0.25) is 0 Å². The number of ether oxygens (including phenoxy) is 4. The summed E-state index contributed by atoms with van der Waals surface area (Å²) in [4.78, 5) is 17.2. The minimum Gasteiger partial charge on any atom is -0.497 e. The molecule has 7 nitrogen and oxygen atoms in total. The van der Waals surface area contributed by atoms with Gasteiger partial charge in [0, 0.05) is 44.4 Å². The number of methoxy groups -OCH3 is 4. The highest BCUT2D eigenvalue weighted by Gasteiger charge is 2.26. The lowest BCUT2D eigenvalue weighted by molar-refractivity contribution is 0.0623. The molecule has 1 saturated heterocycles. The number of carbonyl (C=O) groups excluding carboxylic acids is 1. The van der Waals surface area contributed by atoms with E-state index in [0.29, 0.717) is 30.2 Å². The van der Waals surface area contributed by atoms with Gasteiger partial charge in [-0.1, -0.05) is 12.1 Å². The van der Waals surface area contributed by atoms with E-state index in [0.717, 1.165) is 36.7 Å². The fourth-order valence-electron chi connectivity index (χ4n) is 3.56. The van der Waals surface area contributed by atoms with Gasteiger partial charge in [0.25, 0.3) is 5.91 Å². The van der Waals surface area contributed by atoms with E-state index in [1.807, 2.05) is 23.1 Å². The van der Waals surface area contributed by atoms with E-state index in [9.17, 15) is 4.79 Å². The number of piperazine rings is 1. The van der Waals surface area contributed by atoms with Gasteiger partial charge in [0.15, 0.2) is 11.5 Å². The number of rotatable bonds is 7. The smallest absolute Gasteiger partial charge is 0.257 e. The van der Waals surface area contributed by atoms with Gasteiger partial charge in [-0.25, -0.2) is 0 Å². The molecule has 29 heavy (non-hydrogen) atoms. The maximum absolute atomic E-state index is 13.0. The topological polar surface area (TPSA) is 60.5 Å². The molecule has 0 unspecified atom stereocenters. The van der Waals surface area contributed by atoms with E-state index in [1.165, 1.54) is 0 Å². The Morgan fingerprint density at radius 2 is 1.59 bits per heavy atom. The molecule has 0 aromatic heterocycles. The van der Waals surface area contributed by atoms with Crippen LogP contribution in [0.4, 0.5) is 0 Å². The summed E-state index contributed by atoms with van der Waals surface area (Å²) in [5, 5.41) is 0. The zero-order valence-corrected chi connectivity index (χ0v) is 17.4. The minimum absolute atomic E-state index is 0.0394. The molecule has 0 spiro atoms. The standard InChI is InChI=1S/C22H28N2O5/c1-26-17-9-8-16(20(14-17)28-3)15-23-10-12-24(13-11-23)22(25)18-6-5-7-19(27-2)21(18)29-4/h5-9,14H,10-13,15H2,1-4H3. The molecule has 1 fully saturated rings. The van der Waals surface area contributed by atoms with Crippen molar-refractivity contribution in [3.63, 3.8) is 0 Å². The molecule has 0 atom stereocenters. The largest absolute Gasteiger partial charge is 0.497 e. The highest BCUT2D eigenvalue weighted by atomic mass is 16.5. The van der Waals surface area contributed by atoms with E-state index >= 15 is 0 Å². The first-order chi connectivity index (χ1) is 14.1. The van der Waals surface area contributed by atoms with Crippen LogP contribution in [0.1, 0.15) is 15.9 Å². The summed E-state index contributed by atoms with van der Waals surface area (Å²) in [6.07, 6.45) is 0. The summed E-state index contributed by atoms with van der Waals surface area (Å²) >= 11 is 0. The normalized spacial score (nSPS) is 14.4. The Morgan fingerprint density at radius 3 is 2.21 bits per heavy atom. The molecule has 156 valence electrons. The lowest BCUT2D eigenvalue weighted by Crippen LogP contribution is -2.48. The van der Waals surface area contributed by atoms with Crippen molar-refractivity contribution in [3.05, 3.63) is 47.5 Å². The average molecular weight is 400 g/mol. The molecule has 0 bridgehead atoms. The molecule has 7 heteroatoms. The number of hydrogen-bond donors (Lipinski definition) is 0. The molecule has 0 N–H and O–H groups in total. The third kappa shape index (κ3) is 4.56. The maximum atomic E-state index is 13.0. The van der Waals surface area contributed by atoms with E-state index in [2.05, 4.69) is 4.90 Å². The van der Waals surface area contributed by atoms with Crippen LogP contribution in [-0.2, 0) is 6.54 Å². The lowest BCUT2D eigenvalue weighted by Gasteiger charge is -2.35. The molecule has 1 amide bonds. The van der Waals surface area contributed by atoms with Gasteiger partial charge in [0.05, 0.1) is 34.0 Å². The summed E-state index contributed by atoms with van der Waals surface area (Å²) in [6.45, 7) is 3.63. The number of amides is 1. The van der Waals surface area contributed by atoms with E-state index in [-0.39, 0.29) is 5.91 Å². The zero-order valence-electron chi connectivity index (χ0n) is 17.4. The van der Waals surface area contributed by atoms with Crippen molar-refractivity contribution in [2.24, 2.45) is 0 Å². The Bertz CT molecular complexity index is 847. The van der Waals surface area contributed by atoms with Crippen LogP contribution in [0, 0.1) is 0 Å². The van der Waals surface area contributed by atoms with Gasteiger partial charge in [-0.05, 0) is 18.2 Å². The third-order valence-corrected chi connectivity index (χ3v) is 5.18. The van der Waals surface area contributed by atoms with Gasteiger partial charge in [-0.2, -0.15) is 0 Å². The van der Waals surface area contributed by atoms with Gasteiger partial charge in [0.2, 0.25) is 0 Å². The Morgan fingerprint density at radius 1 is 0.862 bits per heavy atom. The molecule has 0 aliphatic carbocycles. The summed E-state index contributed by atoms with van der Waals surface area (Å²) < 4.78 is 21.5. The number of hydrogen-bond acceptors (Lipinski definition) is 6. The molecular weight excluding hydrogens is 372 g/mol. The third-order valence-electron chi connectivity index (χ3n) is 5.18. The fourth-order valence-corrected chi connectivity index (χ4v) is 3.56. The predicted molar refractivity (Wildman–Crippen MR) is 110 cm³/mol. The maximum Gasteiger partial charge on any atom is 0.257 e. The van der Waals surface area contributed by atoms with Crippen molar-refractivity contribution >= 4 is 5.91 Å². The summed E-state index contributed by atoms with van der Waals surface area (Å²) in [5.74, 6) is 2.58. The SMILES string of the molecule is COc1ccc(CN2CCN(C(=O)c3cccc(OC)c3OC)CC2)c(OC)c1. The highest BCUT2D eigenvalue weighted by molar-refractivity contribution is 5.97. The Balaban J connectivity index is 1.65. The monoisotopic (exact) mass is 400 g/mol. The summed E-state index contributed by atoms with van der Waals surface area (Å²) in [7, 11) is 6.42. The minimum atomic E-state index is -0.0394. The quantitative estimate of drug-likeness (QED) is 0.712. The van der Waals surface area contributed by atoms with Crippen molar-refractivity contribution in [2.75, 3.05) is 54.6 Å². The van der Waals surface area contributed by atoms with Gasteiger partial charge in [-0.15, -0.1) is 0 Å². The predicted octanol–water partition coefficient (Wildman–Crippen LogP) is 2.68. The van der Waals surface area contributed by atoms with Crippen molar-refractivity contribution in [1.29, 1.82) is 0 Å². The van der Waals surface area contributed by atoms with E-state index < -0.39 is 0 Å². The molecule has 0 saturated carbocycles. The van der Waals surface area contributed by atoms with Crippen LogP contribution in [0.15, 0.2) is 36.4 Å². The second-order valence-corrected chi connectivity index (χ2v) is 6.79. The molecule has 0 radical (unpaired) electrons. The molecular formula is C22H28N2O5. The van der Waals surface area contributed by atoms with E-state index in [1.54, 1.807) is 46.6 Å². The number of benzene rings is 2. The summed E-state index contributed by atoms with van der Waals surface area (Å²) in [6, 6.07) is 11.2. The lowest BCUT2D eigenvalue weighted by atomic mass is 10.1. The first-order valence-corrected chi connectivity index (χ1v) is 9.54. The molecule has 1 aliphatic heterocycles.